The second-order valence-corrected chi connectivity index (χ2v) is 4.04. The van der Waals surface area contributed by atoms with E-state index in [1.54, 1.807) is 7.05 Å². The first-order chi connectivity index (χ1) is 8.56. The maximum absolute atomic E-state index is 12.0. The van der Waals surface area contributed by atoms with Crippen molar-refractivity contribution in [3.8, 4) is 0 Å². The highest BCUT2D eigenvalue weighted by atomic mass is 35.5. The Morgan fingerprint density at radius 2 is 2.28 bits per heavy atom. The topological polar surface area (TPSA) is 88.7 Å². The van der Waals surface area contributed by atoms with Crippen LogP contribution >= 0.6 is 11.6 Å². The zero-order chi connectivity index (χ0) is 13.5. The van der Waals surface area contributed by atoms with Crippen LogP contribution in [0.3, 0.4) is 0 Å². The van der Waals surface area contributed by atoms with Gasteiger partial charge in [-0.3, -0.25) is 4.79 Å². The standard InChI is InChI=1S/C11H16ClN3O3/c1-15(4-6-18-7-5-16)11(17)10-8(12)2-3-9(13)14-10/h2-3,16H,4-7H2,1H3,(H2,13,14). The predicted molar refractivity (Wildman–Crippen MR) is 68.5 cm³/mol. The first-order valence-corrected chi connectivity index (χ1v) is 5.80. The van der Waals surface area contributed by atoms with Gasteiger partial charge in [0.05, 0.1) is 24.8 Å². The first kappa shape index (κ1) is 14.7. The molecule has 1 aromatic rings. The van der Waals surface area contributed by atoms with Gasteiger partial charge in [0.2, 0.25) is 0 Å². The Kier molecular flexibility index (Phi) is 5.84. The number of hydrogen-bond donors (Lipinski definition) is 2. The molecule has 3 N–H and O–H groups in total. The molecular weight excluding hydrogens is 258 g/mol. The molecule has 0 aromatic carbocycles. The van der Waals surface area contributed by atoms with Crippen LogP contribution in [0.5, 0.6) is 0 Å². The number of rotatable bonds is 6. The fourth-order valence-electron chi connectivity index (χ4n) is 1.26. The quantitative estimate of drug-likeness (QED) is 0.733. The second kappa shape index (κ2) is 7.15. The highest BCUT2D eigenvalue weighted by molar-refractivity contribution is 6.33. The minimum Gasteiger partial charge on any atom is -0.394 e. The number of pyridine rings is 1. The number of nitrogens with zero attached hydrogens (tertiary/aromatic N) is 2. The number of aliphatic hydroxyl groups is 1. The van der Waals surface area contributed by atoms with Crippen molar-refractivity contribution in [3.63, 3.8) is 0 Å². The number of ether oxygens (including phenoxy) is 1. The maximum Gasteiger partial charge on any atom is 0.273 e. The molecule has 1 aromatic heterocycles. The highest BCUT2D eigenvalue weighted by Crippen LogP contribution is 2.16. The third-order valence-electron chi connectivity index (χ3n) is 2.22. The van der Waals surface area contributed by atoms with Crippen LogP contribution in [-0.4, -0.2) is 54.3 Å². The zero-order valence-corrected chi connectivity index (χ0v) is 10.9. The van der Waals surface area contributed by atoms with Gasteiger partial charge >= 0.3 is 0 Å². The summed E-state index contributed by atoms with van der Waals surface area (Å²) in [5.41, 5.74) is 5.64. The molecule has 0 saturated heterocycles. The van der Waals surface area contributed by atoms with Crippen LogP contribution in [-0.2, 0) is 4.74 Å². The van der Waals surface area contributed by atoms with Crippen LogP contribution in [0.25, 0.3) is 0 Å². The summed E-state index contributed by atoms with van der Waals surface area (Å²) >= 11 is 5.89. The van der Waals surface area contributed by atoms with Gasteiger partial charge in [-0.25, -0.2) is 4.98 Å². The van der Waals surface area contributed by atoms with E-state index >= 15 is 0 Å². The van der Waals surface area contributed by atoms with E-state index in [1.165, 1.54) is 17.0 Å². The zero-order valence-electron chi connectivity index (χ0n) is 10.1. The third kappa shape index (κ3) is 4.14. The lowest BCUT2D eigenvalue weighted by atomic mass is 10.3. The Balaban J connectivity index is 2.60. The molecule has 0 aliphatic rings. The highest BCUT2D eigenvalue weighted by Gasteiger charge is 2.16. The Bertz CT molecular complexity index is 415. The van der Waals surface area contributed by atoms with E-state index in [0.29, 0.717) is 13.2 Å². The number of nitrogen functional groups attached to an aromatic ring is 1. The molecule has 0 radical (unpaired) electrons. The summed E-state index contributed by atoms with van der Waals surface area (Å²) < 4.78 is 5.07. The average Bonchev–Trinajstić information content (AvgIpc) is 2.36. The van der Waals surface area contributed by atoms with E-state index in [1.807, 2.05) is 0 Å². The van der Waals surface area contributed by atoms with Crippen LogP contribution < -0.4 is 5.73 Å². The Morgan fingerprint density at radius 1 is 1.56 bits per heavy atom. The van der Waals surface area contributed by atoms with Crippen LogP contribution in [0, 0.1) is 0 Å². The van der Waals surface area contributed by atoms with Gasteiger partial charge in [-0.2, -0.15) is 0 Å². The molecular formula is C11H16ClN3O3. The summed E-state index contributed by atoms with van der Waals surface area (Å²) in [7, 11) is 1.62. The predicted octanol–water partition coefficient (Wildman–Crippen LogP) is 0.398. The number of carbonyl (C=O) groups is 1. The van der Waals surface area contributed by atoms with Gasteiger partial charge in [0, 0.05) is 13.6 Å². The normalized spacial score (nSPS) is 10.4. The van der Waals surface area contributed by atoms with Gasteiger partial charge in [0.25, 0.3) is 5.91 Å². The first-order valence-electron chi connectivity index (χ1n) is 5.42. The van der Waals surface area contributed by atoms with Gasteiger partial charge in [0.1, 0.15) is 11.5 Å². The fourth-order valence-corrected chi connectivity index (χ4v) is 1.44. The molecule has 0 spiro atoms. The van der Waals surface area contributed by atoms with Crippen molar-refractivity contribution in [2.45, 2.75) is 0 Å². The van der Waals surface area contributed by atoms with Crippen LogP contribution in [0.15, 0.2) is 12.1 Å². The summed E-state index contributed by atoms with van der Waals surface area (Å²) in [6.07, 6.45) is 0. The van der Waals surface area contributed by atoms with Crippen LogP contribution in [0.2, 0.25) is 5.02 Å². The average molecular weight is 274 g/mol. The lowest BCUT2D eigenvalue weighted by Gasteiger charge is -2.17. The van der Waals surface area contributed by atoms with Gasteiger partial charge in [0.15, 0.2) is 0 Å². The smallest absolute Gasteiger partial charge is 0.273 e. The largest absolute Gasteiger partial charge is 0.394 e. The Morgan fingerprint density at radius 3 is 2.94 bits per heavy atom. The number of amides is 1. The number of aromatic nitrogens is 1. The lowest BCUT2D eigenvalue weighted by molar-refractivity contribution is 0.0615. The lowest BCUT2D eigenvalue weighted by Crippen LogP contribution is -2.31. The summed E-state index contributed by atoms with van der Waals surface area (Å²) in [5.74, 6) is -0.0763. The van der Waals surface area contributed by atoms with E-state index < -0.39 is 0 Å². The van der Waals surface area contributed by atoms with E-state index in [4.69, 9.17) is 27.2 Å². The molecule has 7 heteroatoms. The van der Waals surface area contributed by atoms with Crippen molar-refractivity contribution in [3.05, 3.63) is 22.8 Å². The second-order valence-electron chi connectivity index (χ2n) is 3.63. The van der Waals surface area contributed by atoms with Crippen LogP contribution in [0.1, 0.15) is 10.5 Å². The van der Waals surface area contributed by atoms with Gasteiger partial charge in [-0.05, 0) is 12.1 Å². The fraction of sp³-hybridized carbons (Fsp3) is 0.455. The van der Waals surface area contributed by atoms with E-state index in [0.717, 1.165) is 0 Å². The number of nitrogens with two attached hydrogens (primary N) is 1. The van der Waals surface area contributed by atoms with E-state index in [2.05, 4.69) is 4.98 Å². The molecule has 0 fully saturated rings. The molecule has 0 unspecified atom stereocenters. The minimum atomic E-state index is -0.320. The summed E-state index contributed by atoms with van der Waals surface area (Å²) in [4.78, 5) is 17.3. The molecule has 0 bridgehead atoms. The van der Waals surface area contributed by atoms with Crippen molar-refractivity contribution in [2.75, 3.05) is 39.1 Å². The summed E-state index contributed by atoms with van der Waals surface area (Å²) in [6.45, 7) is 0.925. The SMILES string of the molecule is CN(CCOCCO)C(=O)c1nc(N)ccc1Cl. The summed E-state index contributed by atoms with van der Waals surface area (Å²) in [5, 5.41) is 8.80. The molecule has 1 rings (SSSR count). The number of carbonyl (C=O) groups excluding carboxylic acids is 1. The molecule has 0 saturated carbocycles. The minimum absolute atomic E-state index is 0.0414. The van der Waals surface area contributed by atoms with Crippen molar-refractivity contribution in [2.24, 2.45) is 0 Å². The monoisotopic (exact) mass is 273 g/mol. The van der Waals surface area contributed by atoms with Crippen molar-refractivity contribution < 1.29 is 14.6 Å². The van der Waals surface area contributed by atoms with Crippen molar-refractivity contribution >= 4 is 23.3 Å². The van der Waals surface area contributed by atoms with Crippen LogP contribution in [0.4, 0.5) is 5.82 Å². The summed E-state index contributed by atoms with van der Waals surface area (Å²) in [6, 6.07) is 3.07. The molecule has 100 valence electrons. The number of anilines is 1. The number of halogens is 1. The van der Waals surface area contributed by atoms with Crippen molar-refractivity contribution in [1.29, 1.82) is 0 Å². The molecule has 1 amide bonds. The number of aliphatic hydroxyl groups excluding tert-OH is 1. The van der Waals surface area contributed by atoms with Gasteiger partial charge in [-0.1, -0.05) is 11.6 Å². The molecule has 0 aliphatic heterocycles. The Hall–Kier alpha value is -1.37. The van der Waals surface area contributed by atoms with E-state index in [9.17, 15) is 4.79 Å². The number of hydrogen-bond acceptors (Lipinski definition) is 5. The molecule has 1 heterocycles. The van der Waals surface area contributed by atoms with Gasteiger partial charge < -0.3 is 20.5 Å². The molecule has 0 atom stereocenters. The number of likely N-dealkylation sites (N-methyl/N-ethyl adjacent to an activating group) is 1. The van der Waals surface area contributed by atoms with Crippen molar-refractivity contribution in [1.82, 2.24) is 9.88 Å². The molecule has 18 heavy (non-hydrogen) atoms. The Labute approximate surface area is 110 Å². The molecule has 6 nitrogen and oxygen atoms in total. The molecule has 0 aliphatic carbocycles. The maximum atomic E-state index is 12.0. The van der Waals surface area contributed by atoms with E-state index in [-0.39, 0.29) is 35.7 Å². The van der Waals surface area contributed by atoms with Gasteiger partial charge in [-0.15, -0.1) is 0 Å². The third-order valence-corrected chi connectivity index (χ3v) is 2.53.